The molecule has 0 amide bonds. The average Bonchev–Trinajstić information content (AvgIpc) is 2.06. The lowest BCUT2D eigenvalue weighted by Crippen LogP contribution is -2.26. The molecule has 0 N–H and O–H groups in total. The van der Waals surface area contributed by atoms with Gasteiger partial charge in [-0.1, -0.05) is 56.0 Å². The highest BCUT2D eigenvalue weighted by Gasteiger charge is 2.07. The van der Waals surface area contributed by atoms with E-state index in [2.05, 4.69) is 26.2 Å². The third-order valence-corrected chi connectivity index (χ3v) is 10.5. The van der Waals surface area contributed by atoms with Crippen molar-refractivity contribution < 1.29 is 0 Å². The van der Waals surface area contributed by atoms with E-state index in [4.69, 9.17) is 11.6 Å². The van der Waals surface area contributed by atoms with Crippen LogP contribution in [0.4, 0.5) is 0 Å². The zero-order valence-corrected chi connectivity index (χ0v) is 12.1. The van der Waals surface area contributed by atoms with Gasteiger partial charge in [0.2, 0.25) is 0 Å². The molecule has 0 nitrogen and oxygen atoms in total. The van der Waals surface area contributed by atoms with Crippen LogP contribution in [0.25, 0.3) is 0 Å². The molecule has 0 aromatic heterocycles. The minimum Gasteiger partial charge on any atom is -0.0843 e. The fraction of sp³-hybridized carbons (Fsp3) is 0.400. The Morgan fingerprint density at radius 3 is 1.62 bits per heavy atom. The lowest BCUT2D eigenvalue weighted by atomic mass is 10.4. The van der Waals surface area contributed by atoms with E-state index in [1.54, 1.807) is 0 Å². The molecule has 1 aromatic rings. The second-order valence-electron chi connectivity index (χ2n) is 4.21. The highest BCUT2D eigenvalue weighted by Crippen LogP contribution is 2.03. The summed E-state index contributed by atoms with van der Waals surface area (Å²) in [5.74, 6) is 0. The van der Waals surface area contributed by atoms with Gasteiger partial charge in [-0.05, 0) is 12.1 Å². The first-order valence-corrected chi connectivity index (χ1v) is 12.3. The SMILES string of the molecule is C[SiH2][Si](C)(C)C.Clc1ccccc1. The molecule has 13 heavy (non-hydrogen) atoms. The molecular weight excluding hydrogens is 212 g/mol. The molecule has 0 saturated carbocycles. The van der Waals surface area contributed by atoms with Crippen molar-refractivity contribution in [3.8, 4) is 0 Å². The molecule has 3 heteroatoms. The van der Waals surface area contributed by atoms with Crippen molar-refractivity contribution in [3.63, 3.8) is 0 Å². The van der Waals surface area contributed by atoms with Crippen molar-refractivity contribution in [3.05, 3.63) is 35.4 Å². The Hall–Kier alpha value is -0.0562. The van der Waals surface area contributed by atoms with Gasteiger partial charge in [-0.3, -0.25) is 0 Å². The van der Waals surface area contributed by atoms with E-state index < -0.39 is 7.59 Å². The minimum absolute atomic E-state index is 0.391. The second kappa shape index (κ2) is 6.41. The number of hydrogen-bond donors (Lipinski definition) is 0. The molecule has 1 aromatic carbocycles. The summed E-state index contributed by atoms with van der Waals surface area (Å²) in [5, 5.41) is 0.794. The predicted octanol–water partition coefficient (Wildman–Crippen LogP) is 3.38. The summed E-state index contributed by atoms with van der Waals surface area (Å²) in [6.07, 6.45) is 0. The number of hydrogen-bond acceptors (Lipinski definition) is 0. The van der Waals surface area contributed by atoms with Crippen LogP contribution in [0.3, 0.4) is 0 Å². The molecule has 0 heterocycles. The van der Waals surface area contributed by atoms with E-state index >= 15 is 0 Å². The molecule has 0 spiro atoms. The zero-order valence-electron chi connectivity index (χ0n) is 8.97. The van der Waals surface area contributed by atoms with Crippen LogP contribution in [-0.4, -0.2) is 16.6 Å². The first-order chi connectivity index (χ1) is 5.95. The standard InChI is InChI=1S/C6H5Cl.C4H14Si2/c7-6-4-2-1-3-5-6;1-5-6(2,3)4/h1-5H;5H2,1-4H3. The van der Waals surface area contributed by atoms with Crippen LogP contribution >= 0.6 is 11.6 Å². The van der Waals surface area contributed by atoms with Gasteiger partial charge < -0.3 is 0 Å². The maximum absolute atomic E-state index is 5.54. The van der Waals surface area contributed by atoms with Crippen LogP contribution in [0, 0.1) is 0 Å². The van der Waals surface area contributed by atoms with E-state index in [1.807, 2.05) is 30.3 Å². The Balaban J connectivity index is 0.000000226. The van der Waals surface area contributed by atoms with Gasteiger partial charge in [0.05, 0.1) is 0 Å². The molecule has 0 bridgehead atoms. The highest BCUT2D eigenvalue weighted by molar-refractivity contribution is 7.22. The Morgan fingerprint density at radius 2 is 1.46 bits per heavy atom. The van der Waals surface area contributed by atoms with Gasteiger partial charge in [0, 0.05) is 21.7 Å². The topological polar surface area (TPSA) is 0 Å². The van der Waals surface area contributed by atoms with Crippen molar-refractivity contribution in [2.75, 3.05) is 0 Å². The Morgan fingerprint density at radius 1 is 1.08 bits per heavy atom. The quantitative estimate of drug-likeness (QED) is 0.649. The third-order valence-electron chi connectivity index (χ3n) is 1.79. The van der Waals surface area contributed by atoms with E-state index in [0.717, 1.165) is 5.02 Å². The lowest BCUT2D eigenvalue weighted by molar-refractivity contribution is 1.71. The number of halogens is 1. The van der Waals surface area contributed by atoms with Crippen LogP contribution in [-0.2, 0) is 0 Å². The summed E-state index contributed by atoms with van der Waals surface area (Å²) in [7, 11) is -0.101. The lowest BCUT2D eigenvalue weighted by Gasteiger charge is -2.08. The second-order valence-corrected chi connectivity index (χ2v) is 19.0. The molecule has 0 aliphatic heterocycles. The Kier molecular flexibility index (Phi) is 6.38. The molecule has 1 rings (SSSR count). The molecule has 0 aliphatic carbocycles. The maximum atomic E-state index is 5.54. The molecule has 0 fully saturated rings. The fourth-order valence-electron chi connectivity index (χ4n) is 0.415. The fourth-order valence-corrected chi connectivity index (χ4v) is 0.560. The van der Waals surface area contributed by atoms with Crippen molar-refractivity contribution in [2.24, 2.45) is 0 Å². The van der Waals surface area contributed by atoms with Crippen molar-refractivity contribution in [1.29, 1.82) is 0 Å². The normalized spacial score (nSPS) is 11.2. The van der Waals surface area contributed by atoms with Gasteiger partial charge >= 0.3 is 0 Å². The van der Waals surface area contributed by atoms with Crippen LogP contribution in [0.2, 0.25) is 31.2 Å². The Bertz CT molecular complexity index is 216. The van der Waals surface area contributed by atoms with Gasteiger partial charge in [-0.15, -0.1) is 0 Å². The van der Waals surface area contributed by atoms with Crippen LogP contribution in [0.15, 0.2) is 30.3 Å². The average molecular weight is 231 g/mol. The zero-order chi connectivity index (χ0) is 10.3. The number of benzene rings is 1. The van der Waals surface area contributed by atoms with Gasteiger partial charge in [0.1, 0.15) is 0 Å². The molecule has 0 aliphatic rings. The molecule has 0 saturated heterocycles. The van der Waals surface area contributed by atoms with E-state index in [9.17, 15) is 0 Å². The molecule has 0 atom stereocenters. The molecule has 74 valence electrons. The van der Waals surface area contributed by atoms with Crippen LogP contribution in [0.5, 0.6) is 0 Å². The van der Waals surface area contributed by atoms with Gasteiger partial charge in [-0.25, -0.2) is 0 Å². The van der Waals surface area contributed by atoms with Crippen LogP contribution in [0.1, 0.15) is 0 Å². The molecular formula is C10H19ClSi2. The van der Waals surface area contributed by atoms with E-state index in [0.29, 0.717) is 9.04 Å². The maximum Gasteiger partial charge on any atom is 0.0405 e. The summed E-state index contributed by atoms with van der Waals surface area (Å²) in [4.78, 5) is 0. The first kappa shape index (κ1) is 12.9. The first-order valence-electron chi connectivity index (χ1n) is 4.66. The van der Waals surface area contributed by atoms with Gasteiger partial charge in [-0.2, -0.15) is 0 Å². The summed E-state index contributed by atoms with van der Waals surface area (Å²) < 4.78 is 0. The van der Waals surface area contributed by atoms with E-state index in [-0.39, 0.29) is 0 Å². The van der Waals surface area contributed by atoms with Crippen LogP contribution < -0.4 is 0 Å². The number of rotatable bonds is 1. The van der Waals surface area contributed by atoms with Crippen molar-refractivity contribution >= 4 is 28.2 Å². The minimum atomic E-state index is -0.492. The summed E-state index contributed by atoms with van der Waals surface area (Å²) in [6, 6.07) is 9.44. The summed E-state index contributed by atoms with van der Waals surface area (Å²) >= 11 is 5.54. The highest BCUT2D eigenvalue weighted by atomic mass is 35.5. The smallest absolute Gasteiger partial charge is 0.0405 e. The van der Waals surface area contributed by atoms with Crippen molar-refractivity contribution in [1.82, 2.24) is 0 Å². The van der Waals surface area contributed by atoms with Gasteiger partial charge in [0.15, 0.2) is 0 Å². The van der Waals surface area contributed by atoms with Gasteiger partial charge in [0.25, 0.3) is 0 Å². The predicted molar refractivity (Wildman–Crippen MR) is 69.2 cm³/mol. The Labute approximate surface area is 89.9 Å². The van der Waals surface area contributed by atoms with E-state index in [1.165, 1.54) is 0 Å². The summed E-state index contributed by atoms with van der Waals surface area (Å²) in [5.41, 5.74) is 0. The third kappa shape index (κ3) is 9.86. The van der Waals surface area contributed by atoms with Crippen molar-refractivity contribution in [2.45, 2.75) is 26.2 Å². The molecule has 0 radical (unpaired) electrons. The largest absolute Gasteiger partial charge is 0.0843 e. The monoisotopic (exact) mass is 230 g/mol. The summed E-state index contributed by atoms with van der Waals surface area (Å²) in [6.45, 7) is 9.74. The molecule has 0 unspecified atom stereocenters.